The third kappa shape index (κ3) is 4.78. The zero-order chi connectivity index (χ0) is 17.5. The molecule has 0 saturated carbocycles. The van der Waals surface area contributed by atoms with Gasteiger partial charge in [0.05, 0.1) is 0 Å². The lowest BCUT2D eigenvalue weighted by molar-refractivity contribution is 0.0949. The van der Waals surface area contributed by atoms with Gasteiger partial charge in [-0.2, -0.15) is 0 Å². The van der Waals surface area contributed by atoms with Gasteiger partial charge in [-0.1, -0.05) is 0 Å². The first kappa shape index (κ1) is 16.4. The Morgan fingerprint density at radius 2 is 1.76 bits per heavy atom. The molecular weight excluding hydrogens is 316 g/mol. The summed E-state index contributed by atoms with van der Waals surface area (Å²) in [5.41, 5.74) is 7.74. The van der Waals surface area contributed by atoms with Crippen LogP contribution in [0.3, 0.4) is 0 Å². The molecule has 0 fully saturated rings. The molecule has 0 bridgehead atoms. The lowest BCUT2D eigenvalue weighted by Gasteiger charge is -2.08. The minimum atomic E-state index is -0.239. The van der Waals surface area contributed by atoms with Crippen molar-refractivity contribution in [2.45, 2.75) is 6.42 Å². The van der Waals surface area contributed by atoms with Crippen molar-refractivity contribution in [1.29, 1.82) is 0 Å². The molecule has 0 radical (unpaired) electrons. The fraction of sp³-hybridized carbons (Fsp3) is 0.105. The molecule has 1 amide bonds. The van der Waals surface area contributed by atoms with Gasteiger partial charge in [0.25, 0.3) is 5.91 Å². The average Bonchev–Trinajstić information content (AvgIpc) is 2.65. The summed E-state index contributed by atoms with van der Waals surface area (Å²) >= 11 is 0. The number of rotatable bonds is 6. The van der Waals surface area contributed by atoms with Crippen molar-refractivity contribution in [2.24, 2.45) is 0 Å². The number of ether oxygens (including phenoxy) is 1. The highest BCUT2D eigenvalue weighted by atomic mass is 16.5. The van der Waals surface area contributed by atoms with Crippen LogP contribution in [-0.4, -0.2) is 22.4 Å². The molecule has 126 valence electrons. The Hall–Kier alpha value is -3.41. The van der Waals surface area contributed by atoms with Gasteiger partial charge in [-0.05, 0) is 54.4 Å². The molecule has 0 unspecified atom stereocenters. The molecular formula is C19H18N4O2. The number of nitrogens with two attached hydrogens (primary N) is 1. The zero-order valence-electron chi connectivity index (χ0n) is 13.6. The molecule has 0 spiro atoms. The number of amides is 1. The molecule has 6 nitrogen and oxygen atoms in total. The van der Waals surface area contributed by atoms with Crippen molar-refractivity contribution in [3.63, 3.8) is 0 Å². The summed E-state index contributed by atoms with van der Waals surface area (Å²) in [4.78, 5) is 20.3. The van der Waals surface area contributed by atoms with E-state index in [0.717, 1.165) is 12.0 Å². The molecule has 0 aliphatic heterocycles. The highest BCUT2D eigenvalue weighted by Crippen LogP contribution is 2.22. The third-order valence-corrected chi connectivity index (χ3v) is 3.53. The number of pyridine rings is 2. The Labute approximate surface area is 145 Å². The topological polar surface area (TPSA) is 90.1 Å². The van der Waals surface area contributed by atoms with Gasteiger partial charge in [-0.15, -0.1) is 0 Å². The maximum Gasteiger partial charge on any atom is 0.270 e. The minimum absolute atomic E-state index is 0.239. The lowest BCUT2D eigenvalue weighted by Crippen LogP contribution is -2.26. The van der Waals surface area contributed by atoms with Crippen molar-refractivity contribution in [2.75, 3.05) is 12.3 Å². The monoisotopic (exact) mass is 334 g/mol. The highest BCUT2D eigenvalue weighted by Gasteiger charge is 2.08. The summed E-state index contributed by atoms with van der Waals surface area (Å²) in [6.07, 6.45) is 5.74. The smallest absolute Gasteiger partial charge is 0.270 e. The van der Waals surface area contributed by atoms with Crippen LogP contribution in [0.1, 0.15) is 16.1 Å². The van der Waals surface area contributed by atoms with Gasteiger partial charge >= 0.3 is 0 Å². The third-order valence-electron chi connectivity index (χ3n) is 3.53. The van der Waals surface area contributed by atoms with Crippen LogP contribution in [0.5, 0.6) is 11.5 Å². The Bertz CT molecular complexity index is 836. The Kier molecular flexibility index (Phi) is 5.21. The molecule has 2 heterocycles. The first-order valence-electron chi connectivity index (χ1n) is 7.87. The van der Waals surface area contributed by atoms with Gasteiger partial charge in [0.2, 0.25) is 0 Å². The quantitative estimate of drug-likeness (QED) is 0.677. The Morgan fingerprint density at radius 1 is 1.00 bits per heavy atom. The van der Waals surface area contributed by atoms with E-state index in [1.807, 2.05) is 12.1 Å². The van der Waals surface area contributed by atoms with Crippen molar-refractivity contribution in [3.05, 3.63) is 78.4 Å². The van der Waals surface area contributed by atoms with Crippen molar-refractivity contribution in [3.8, 4) is 11.5 Å². The molecule has 2 aromatic heterocycles. The molecule has 3 N–H and O–H groups in total. The van der Waals surface area contributed by atoms with E-state index in [2.05, 4.69) is 15.3 Å². The van der Waals surface area contributed by atoms with E-state index < -0.39 is 0 Å². The molecule has 25 heavy (non-hydrogen) atoms. The number of anilines is 1. The van der Waals surface area contributed by atoms with Crippen LogP contribution in [-0.2, 0) is 6.42 Å². The van der Waals surface area contributed by atoms with Gasteiger partial charge in [0.15, 0.2) is 0 Å². The van der Waals surface area contributed by atoms with Crippen molar-refractivity contribution in [1.82, 2.24) is 15.3 Å². The van der Waals surface area contributed by atoms with Crippen LogP contribution in [0.2, 0.25) is 0 Å². The summed E-state index contributed by atoms with van der Waals surface area (Å²) in [5, 5.41) is 2.85. The largest absolute Gasteiger partial charge is 0.457 e. The second-order valence-corrected chi connectivity index (χ2v) is 5.41. The fourth-order valence-corrected chi connectivity index (χ4v) is 2.23. The van der Waals surface area contributed by atoms with E-state index in [-0.39, 0.29) is 5.91 Å². The van der Waals surface area contributed by atoms with E-state index >= 15 is 0 Å². The number of hydrogen-bond donors (Lipinski definition) is 2. The van der Waals surface area contributed by atoms with Crippen LogP contribution in [0.4, 0.5) is 5.69 Å². The molecule has 3 aromatic rings. The number of benzene rings is 1. The predicted octanol–water partition coefficient (Wildman–Crippen LogP) is 2.82. The normalized spacial score (nSPS) is 10.2. The van der Waals surface area contributed by atoms with Crippen LogP contribution < -0.4 is 15.8 Å². The van der Waals surface area contributed by atoms with E-state index in [0.29, 0.717) is 29.4 Å². The molecule has 0 aliphatic rings. The maximum atomic E-state index is 12.2. The highest BCUT2D eigenvalue weighted by molar-refractivity contribution is 5.92. The van der Waals surface area contributed by atoms with Gasteiger partial charge in [-0.3, -0.25) is 14.8 Å². The summed E-state index contributed by atoms with van der Waals surface area (Å²) in [6, 6.07) is 14.2. The molecule has 3 rings (SSSR count). The average molecular weight is 334 g/mol. The van der Waals surface area contributed by atoms with Gasteiger partial charge in [-0.25, -0.2) is 0 Å². The van der Waals surface area contributed by atoms with Gasteiger partial charge in [0, 0.05) is 36.9 Å². The van der Waals surface area contributed by atoms with Gasteiger partial charge in [0.1, 0.15) is 17.2 Å². The maximum absolute atomic E-state index is 12.2. The van der Waals surface area contributed by atoms with Crippen molar-refractivity contribution >= 4 is 11.6 Å². The second-order valence-electron chi connectivity index (χ2n) is 5.41. The van der Waals surface area contributed by atoms with Crippen molar-refractivity contribution < 1.29 is 9.53 Å². The number of carbonyl (C=O) groups excluding carboxylic acids is 1. The number of carbonyl (C=O) groups is 1. The first-order valence-corrected chi connectivity index (χ1v) is 7.87. The van der Waals surface area contributed by atoms with Crippen LogP contribution in [0.25, 0.3) is 0 Å². The summed E-state index contributed by atoms with van der Waals surface area (Å²) in [6.45, 7) is 0.521. The van der Waals surface area contributed by atoms with Crippen LogP contribution in [0, 0.1) is 0 Å². The van der Waals surface area contributed by atoms with E-state index in [4.69, 9.17) is 10.5 Å². The zero-order valence-corrected chi connectivity index (χ0v) is 13.6. The summed E-state index contributed by atoms with van der Waals surface area (Å²) in [5.74, 6) is 0.945. The number of aromatic nitrogens is 2. The first-order chi connectivity index (χ1) is 12.2. The second kappa shape index (κ2) is 7.92. The van der Waals surface area contributed by atoms with E-state index in [9.17, 15) is 4.79 Å². The summed E-state index contributed by atoms with van der Waals surface area (Å²) < 4.78 is 5.72. The Balaban J connectivity index is 1.58. The molecule has 0 aliphatic carbocycles. The predicted molar refractivity (Wildman–Crippen MR) is 95.4 cm³/mol. The molecule has 0 atom stereocenters. The number of hydrogen-bond acceptors (Lipinski definition) is 5. The summed E-state index contributed by atoms with van der Waals surface area (Å²) in [7, 11) is 0. The lowest BCUT2D eigenvalue weighted by atomic mass is 10.2. The number of nitrogens with one attached hydrogen (secondary N) is 1. The molecule has 6 heteroatoms. The SMILES string of the molecule is Nc1ccc(Oc2ccnc(C(=O)NCCc3ccncc3)c2)cc1. The minimum Gasteiger partial charge on any atom is -0.457 e. The van der Waals surface area contributed by atoms with Crippen LogP contribution >= 0.6 is 0 Å². The molecule has 1 aromatic carbocycles. The van der Waals surface area contributed by atoms with E-state index in [1.54, 1.807) is 55.0 Å². The Morgan fingerprint density at radius 3 is 2.52 bits per heavy atom. The van der Waals surface area contributed by atoms with E-state index in [1.165, 1.54) is 0 Å². The standard InChI is InChI=1S/C19H18N4O2/c20-15-1-3-16(4-2-15)25-17-8-12-22-18(13-17)19(24)23-11-7-14-5-9-21-10-6-14/h1-6,8-10,12-13H,7,11,20H2,(H,23,24). The fourth-order valence-electron chi connectivity index (χ4n) is 2.23. The number of nitrogens with zero attached hydrogens (tertiary/aromatic N) is 2. The van der Waals surface area contributed by atoms with Crippen LogP contribution in [0.15, 0.2) is 67.1 Å². The molecule has 0 saturated heterocycles. The van der Waals surface area contributed by atoms with Gasteiger partial charge < -0.3 is 15.8 Å². The number of nitrogen functional groups attached to an aromatic ring is 1.